The zero-order valence-electron chi connectivity index (χ0n) is 12.4. The molecule has 8 heteroatoms. The number of piperazine rings is 1. The van der Waals surface area contributed by atoms with Crippen molar-refractivity contribution >= 4 is 28.2 Å². The Balaban J connectivity index is 0.00000242. The van der Waals surface area contributed by atoms with Gasteiger partial charge in [0.2, 0.25) is 5.91 Å². The highest BCUT2D eigenvalue weighted by atomic mass is 35.5. The summed E-state index contributed by atoms with van der Waals surface area (Å²) in [5.41, 5.74) is 0. The maximum Gasteiger partial charge on any atom is 0.226 e. The fourth-order valence-corrected chi connectivity index (χ4v) is 2.74. The van der Waals surface area contributed by atoms with Gasteiger partial charge in [0.05, 0.1) is 17.9 Å². The van der Waals surface area contributed by atoms with Crippen LogP contribution in [0.15, 0.2) is 29.2 Å². The molecule has 0 saturated carbocycles. The molecule has 2 rings (SSSR count). The Morgan fingerprint density at radius 3 is 2.36 bits per heavy atom. The van der Waals surface area contributed by atoms with Gasteiger partial charge in [-0.3, -0.25) is 4.79 Å². The molecular weight excluding hydrogens is 328 g/mol. The molecule has 1 fully saturated rings. The molecule has 0 unspecified atom stereocenters. The van der Waals surface area contributed by atoms with Gasteiger partial charge in [-0.1, -0.05) is 0 Å². The second kappa shape index (κ2) is 8.36. The summed E-state index contributed by atoms with van der Waals surface area (Å²) in [6.07, 6.45) is 1.49. The largest absolute Gasteiger partial charge is 0.493 e. The lowest BCUT2D eigenvalue weighted by Gasteiger charge is -2.27. The molecule has 0 atom stereocenters. The van der Waals surface area contributed by atoms with Gasteiger partial charge < -0.3 is 15.0 Å². The zero-order chi connectivity index (χ0) is 15.3. The summed E-state index contributed by atoms with van der Waals surface area (Å²) in [6, 6.07) is 6.21. The van der Waals surface area contributed by atoms with E-state index in [1.807, 2.05) is 4.90 Å². The Morgan fingerprint density at radius 1 is 1.23 bits per heavy atom. The number of rotatable bonds is 5. The van der Waals surface area contributed by atoms with Crippen molar-refractivity contribution in [2.75, 3.05) is 39.0 Å². The molecule has 0 spiro atoms. The lowest BCUT2D eigenvalue weighted by atomic mass is 10.3. The number of carbonyl (C=O) groups is 1. The number of ether oxygens (including phenoxy) is 1. The van der Waals surface area contributed by atoms with E-state index in [9.17, 15) is 13.2 Å². The van der Waals surface area contributed by atoms with Crippen molar-refractivity contribution in [3.63, 3.8) is 0 Å². The Morgan fingerprint density at radius 2 is 1.82 bits per heavy atom. The summed E-state index contributed by atoms with van der Waals surface area (Å²) in [5, 5.41) is 3.19. The topological polar surface area (TPSA) is 75.7 Å². The lowest BCUT2D eigenvalue weighted by molar-refractivity contribution is -0.132. The van der Waals surface area contributed by atoms with Gasteiger partial charge in [0.25, 0.3) is 0 Å². The number of sulfone groups is 1. The highest BCUT2D eigenvalue weighted by Crippen LogP contribution is 2.16. The minimum absolute atomic E-state index is 0. The number of nitrogens with one attached hydrogen (secondary N) is 1. The van der Waals surface area contributed by atoms with E-state index in [1.165, 1.54) is 12.1 Å². The van der Waals surface area contributed by atoms with Crippen molar-refractivity contribution in [2.45, 2.75) is 11.3 Å². The van der Waals surface area contributed by atoms with E-state index in [0.29, 0.717) is 18.8 Å². The Kier molecular flexibility index (Phi) is 7.12. The van der Waals surface area contributed by atoms with Crippen LogP contribution in [0.25, 0.3) is 0 Å². The number of carbonyl (C=O) groups excluding carboxylic acids is 1. The van der Waals surface area contributed by atoms with Crippen LogP contribution in [0.5, 0.6) is 5.75 Å². The van der Waals surface area contributed by atoms with Gasteiger partial charge in [-0.05, 0) is 24.3 Å². The van der Waals surface area contributed by atoms with Crippen LogP contribution in [0.3, 0.4) is 0 Å². The normalized spacial score (nSPS) is 15.0. The Bertz CT molecular complexity index is 583. The Labute approximate surface area is 137 Å². The Hall–Kier alpha value is -1.31. The van der Waals surface area contributed by atoms with E-state index < -0.39 is 9.84 Å². The number of nitrogens with zero attached hydrogens (tertiary/aromatic N) is 1. The highest BCUT2D eigenvalue weighted by Gasteiger charge is 2.15. The molecule has 1 amide bonds. The van der Waals surface area contributed by atoms with E-state index in [2.05, 4.69) is 5.32 Å². The number of hydrogen-bond acceptors (Lipinski definition) is 5. The monoisotopic (exact) mass is 348 g/mol. The van der Waals surface area contributed by atoms with Gasteiger partial charge in [-0.2, -0.15) is 0 Å². The summed E-state index contributed by atoms with van der Waals surface area (Å²) < 4.78 is 28.1. The van der Waals surface area contributed by atoms with Crippen molar-refractivity contribution in [3.05, 3.63) is 24.3 Å². The van der Waals surface area contributed by atoms with Crippen LogP contribution in [0, 0.1) is 0 Å². The molecule has 1 N–H and O–H groups in total. The van der Waals surface area contributed by atoms with E-state index in [0.717, 1.165) is 32.4 Å². The maximum atomic E-state index is 11.9. The average molecular weight is 349 g/mol. The van der Waals surface area contributed by atoms with Crippen molar-refractivity contribution in [2.24, 2.45) is 0 Å². The summed E-state index contributed by atoms with van der Waals surface area (Å²) in [7, 11) is -3.19. The van der Waals surface area contributed by atoms with Gasteiger partial charge in [0, 0.05) is 32.4 Å². The lowest BCUT2D eigenvalue weighted by Crippen LogP contribution is -2.46. The molecular formula is C14H21ClN2O4S. The quantitative estimate of drug-likeness (QED) is 0.848. The molecule has 124 valence electrons. The van der Waals surface area contributed by atoms with E-state index in [1.54, 1.807) is 12.1 Å². The standard InChI is InChI=1S/C14H20N2O4S.ClH/c1-21(18,19)13-4-2-12(3-5-13)20-11-6-14(17)16-9-7-15-8-10-16;/h2-5,15H,6-11H2,1H3;1H. The first-order valence-corrected chi connectivity index (χ1v) is 8.77. The number of amides is 1. The van der Waals surface area contributed by atoms with Gasteiger partial charge in [0.1, 0.15) is 5.75 Å². The second-order valence-electron chi connectivity index (χ2n) is 4.97. The predicted octanol–water partition coefficient (Wildman–Crippen LogP) is 0.713. The zero-order valence-corrected chi connectivity index (χ0v) is 14.1. The van der Waals surface area contributed by atoms with Gasteiger partial charge >= 0.3 is 0 Å². The van der Waals surface area contributed by atoms with Gasteiger partial charge in [-0.25, -0.2) is 8.42 Å². The first kappa shape index (κ1) is 18.7. The van der Waals surface area contributed by atoms with Crippen molar-refractivity contribution in [3.8, 4) is 5.75 Å². The number of hydrogen-bond donors (Lipinski definition) is 1. The van der Waals surface area contributed by atoms with Crippen molar-refractivity contribution in [1.29, 1.82) is 0 Å². The third kappa shape index (κ3) is 5.47. The second-order valence-corrected chi connectivity index (χ2v) is 6.99. The van der Waals surface area contributed by atoms with Crippen molar-refractivity contribution in [1.82, 2.24) is 10.2 Å². The molecule has 1 aliphatic heterocycles. The molecule has 6 nitrogen and oxygen atoms in total. The first-order chi connectivity index (χ1) is 9.97. The molecule has 1 aromatic rings. The summed E-state index contributed by atoms with van der Waals surface area (Å²) in [4.78, 5) is 14.0. The van der Waals surface area contributed by atoms with Crippen LogP contribution < -0.4 is 10.1 Å². The molecule has 1 aromatic carbocycles. The fraction of sp³-hybridized carbons (Fsp3) is 0.500. The molecule has 22 heavy (non-hydrogen) atoms. The van der Waals surface area contributed by atoms with Crippen LogP contribution >= 0.6 is 12.4 Å². The van der Waals surface area contributed by atoms with Crippen LogP contribution in [0.1, 0.15) is 6.42 Å². The van der Waals surface area contributed by atoms with E-state index in [-0.39, 0.29) is 23.2 Å². The van der Waals surface area contributed by atoms with Crippen molar-refractivity contribution < 1.29 is 17.9 Å². The molecule has 1 aliphatic rings. The molecule has 0 aromatic heterocycles. The smallest absolute Gasteiger partial charge is 0.226 e. The SMILES string of the molecule is CS(=O)(=O)c1ccc(OCCC(=O)N2CCNCC2)cc1.Cl. The first-order valence-electron chi connectivity index (χ1n) is 6.88. The number of halogens is 1. The van der Waals surface area contributed by atoms with Crippen LogP contribution in [-0.2, 0) is 14.6 Å². The van der Waals surface area contributed by atoms with Crippen LogP contribution in [0.2, 0.25) is 0 Å². The maximum absolute atomic E-state index is 11.9. The molecule has 0 radical (unpaired) electrons. The van der Waals surface area contributed by atoms with Gasteiger partial charge in [-0.15, -0.1) is 12.4 Å². The van der Waals surface area contributed by atoms with Crippen LogP contribution in [-0.4, -0.2) is 58.3 Å². The molecule has 1 heterocycles. The molecule has 0 bridgehead atoms. The third-order valence-electron chi connectivity index (χ3n) is 3.31. The predicted molar refractivity (Wildman–Crippen MR) is 86.4 cm³/mol. The van der Waals surface area contributed by atoms with E-state index >= 15 is 0 Å². The molecule has 1 saturated heterocycles. The minimum atomic E-state index is -3.19. The number of benzene rings is 1. The fourth-order valence-electron chi connectivity index (χ4n) is 2.11. The summed E-state index contributed by atoms with van der Waals surface area (Å²) in [6.45, 7) is 3.43. The summed E-state index contributed by atoms with van der Waals surface area (Å²) >= 11 is 0. The third-order valence-corrected chi connectivity index (χ3v) is 4.43. The van der Waals surface area contributed by atoms with E-state index in [4.69, 9.17) is 4.74 Å². The minimum Gasteiger partial charge on any atom is -0.493 e. The van der Waals surface area contributed by atoms with Gasteiger partial charge in [0.15, 0.2) is 9.84 Å². The average Bonchev–Trinajstić information content (AvgIpc) is 2.47. The highest BCUT2D eigenvalue weighted by molar-refractivity contribution is 7.90. The molecule has 0 aliphatic carbocycles. The summed E-state index contributed by atoms with van der Waals surface area (Å²) in [5.74, 6) is 0.653. The van der Waals surface area contributed by atoms with Crippen LogP contribution in [0.4, 0.5) is 0 Å².